The van der Waals surface area contributed by atoms with E-state index in [0.29, 0.717) is 18.3 Å². The highest BCUT2D eigenvalue weighted by molar-refractivity contribution is 5.88. The summed E-state index contributed by atoms with van der Waals surface area (Å²) in [6, 6.07) is 7.92. The zero-order valence-corrected chi connectivity index (χ0v) is 17.6. The molecule has 4 aliphatic rings. The normalized spacial score (nSPS) is 31.3. The van der Waals surface area contributed by atoms with Crippen molar-refractivity contribution in [2.24, 2.45) is 23.7 Å². The second-order valence-electron chi connectivity index (χ2n) is 9.79. The van der Waals surface area contributed by atoms with Crippen LogP contribution in [0.1, 0.15) is 44.6 Å². The van der Waals surface area contributed by atoms with E-state index in [1.165, 1.54) is 39.2 Å². The minimum Gasteiger partial charge on any atom is -0.467 e. The van der Waals surface area contributed by atoms with Crippen molar-refractivity contribution in [1.82, 2.24) is 10.3 Å². The van der Waals surface area contributed by atoms with Crippen molar-refractivity contribution in [1.29, 1.82) is 0 Å². The Labute approximate surface area is 176 Å². The number of hydrogen-bond donors (Lipinski definition) is 2. The van der Waals surface area contributed by atoms with E-state index >= 15 is 0 Å². The fraction of sp³-hybridized carbons (Fsp3) is 0.583. The van der Waals surface area contributed by atoms with Crippen molar-refractivity contribution in [2.75, 3.05) is 7.11 Å². The second-order valence-corrected chi connectivity index (χ2v) is 9.79. The van der Waals surface area contributed by atoms with Crippen LogP contribution in [-0.4, -0.2) is 35.8 Å². The van der Waals surface area contributed by atoms with E-state index in [9.17, 15) is 9.59 Å². The molecule has 0 unspecified atom stereocenters. The SMILES string of the molecule is COC(=O)[C@@]([14CH3])(Cc1c[nH]c2ccccc12)NC(=O)OC1C2CC3CC(C2)CC1C3. The van der Waals surface area contributed by atoms with Crippen LogP contribution in [-0.2, 0) is 20.7 Å². The molecular weight excluding hydrogens is 382 g/mol. The first-order valence-corrected chi connectivity index (χ1v) is 11.1. The molecule has 1 heterocycles. The van der Waals surface area contributed by atoms with E-state index < -0.39 is 17.6 Å². The van der Waals surface area contributed by atoms with E-state index in [-0.39, 0.29) is 6.10 Å². The molecule has 1 aromatic heterocycles. The molecule has 6 nitrogen and oxygen atoms in total. The van der Waals surface area contributed by atoms with Crippen molar-refractivity contribution in [2.45, 2.75) is 57.1 Å². The Bertz CT molecular complexity index is 939. The predicted molar refractivity (Wildman–Crippen MR) is 113 cm³/mol. The van der Waals surface area contributed by atoms with Crippen molar-refractivity contribution in [3.63, 3.8) is 0 Å². The number of fused-ring (bicyclic) bond motifs is 1. The molecule has 0 aliphatic heterocycles. The molecular formula is C24H30N2O4. The first-order valence-electron chi connectivity index (χ1n) is 11.1. The van der Waals surface area contributed by atoms with Gasteiger partial charge in [0.05, 0.1) is 7.11 Å². The Morgan fingerprint density at radius 3 is 2.47 bits per heavy atom. The van der Waals surface area contributed by atoms with Gasteiger partial charge in [0.1, 0.15) is 11.6 Å². The predicted octanol–water partition coefficient (Wildman–Crippen LogP) is 4.19. The van der Waals surface area contributed by atoms with Crippen LogP contribution in [0.4, 0.5) is 4.79 Å². The lowest BCUT2D eigenvalue weighted by Crippen LogP contribution is -2.57. The van der Waals surface area contributed by atoms with E-state index in [0.717, 1.165) is 28.3 Å². The minimum absolute atomic E-state index is 0.0206. The number of aromatic nitrogens is 1. The van der Waals surface area contributed by atoms with Gasteiger partial charge in [-0.25, -0.2) is 9.59 Å². The molecule has 4 aliphatic carbocycles. The summed E-state index contributed by atoms with van der Waals surface area (Å²) < 4.78 is 11.0. The smallest absolute Gasteiger partial charge is 0.408 e. The maximum Gasteiger partial charge on any atom is 0.408 e. The van der Waals surface area contributed by atoms with Gasteiger partial charge in [-0.1, -0.05) is 18.2 Å². The zero-order chi connectivity index (χ0) is 20.9. The topological polar surface area (TPSA) is 80.4 Å². The van der Waals surface area contributed by atoms with Crippen molar-refractivity contribution < 1.29 is 19.1 Å². The summed E-state index contributed by atoms with van der Waals surface area (Å²) in [5, 5.41) is 3.89. The van der Waals surface area contributed by atoms with Gasteiger partial charge in [0, 0.05) is 23.5 Å². The first kappa shape index (κ1) is 19.5. The van der Waals surface area contributed by atoms with Crippen LogP contribution in [0.25, 0.3) is 10.9 Å². The monoisotopic (exact) mass is 412 g/mol. The second kappa shape index (κ2) is 7.33. The van der Waals surface area contributed by atoms with Gasteiger partial charge < -0.3 is 19.8 Å². The van der Waals surface area contributed by atoms with E-state index in [1.807, 2.05) is 30.5 Å². The highest BCUT2D eigenvalue weighted by atomic mass is 16.6. The number of para-hydroxylation sites is 1. The van der Waals surface area contributed by atoms with Gasteiger partial charge in [0.2, 0.25) is 0 Å². The van der Waals surface area contributed by atoms with Gasteiger partial charge in [-0.05, 0) is 74.3 Å². The van der Waals surface area contributed by atoms with Gasteiger partial charge >= 0.3 is 12.1 Å². The molecule has 2 aromatic rings. The average Bonchev–Trinajstić information content (AvgIpc) is 3.12. The number of alkyl carbamates (subject to hydrolysis) is 1. The highest BCUT2D eigenvalue weighted by Crippen LogP contribution is 2.54. The number of ether oxygens (including phenoxy) is 2. The number of rotatable bonds is 5. The number of hydrogen-bond acceptors (Lipinski definition) is 4. The standard InChI is InChI=1S/C24H30N2O4/c1-24(22(27)29-2,12-18-13-25-20-6-4-3-5-19(18)20)26-23(28)30-21-16-8-14-7-15(10-16)11-17(21)9-14/h3-6,13-17,21,25H,7-12H2,1-2H3,(H,26,28)/t14?,15?,16?,17?,21?,24-/m1/s1/i1+2. The lowest BCUT2D eigenvalue weighted by Gasteiger charge is -2.53. The summed E-state index contributed by atoms with van der Waals surface area (Å²) in [6.07, 6.45) is 7.73. The Morgan fingerprint density at radius 1 is 1.13 bits per heavy atom. The number of nitrogens with one attached hydrogen (secondary N) is 2. The molecule has 0 saturated heterocycles. The Balaban J connectivity index is 1.32. The number of benzene rings is 1. The third kappa shape index (κ3) is 3.36. The molecule has 1 atom stereocenters. The summed E-state index contributed by atoms with van der Waals surface area (Å²) in [5.41, 5.74) is 0.743. The fourth-order valence-corrected chi connectivity index (χ4v) is 6.50. The van der Waals surface area contributed by atoms with Gasteiger partial charge in [0.25, 0.3) is 0 Å². The molecule has 2 N–H and O–H groups in total. The fourth-order valence-electron chi connectivity index (χ4n) is 6.50. The van der Waals surface area contributed by atoms with Gasteiger partial charge in [0.15, 0.2) is 0 Å². The molecule has 0 radical (unpaired) electrons. The molecule has 6 heteroatoms. The zero-order valence-electron chi connectivity index (χ0n) is 17.6. The lowest BCUT2D eigenvalue weighted by atomic mass is 9.55. The molecule has 1 aromatic carbocycles. The Hall–Kier alpha value is -2.50. The van der Waals surface area contributed by atoms with Crippen LogP contribution in [0.2, 0.25) is 0 Å². The number of aromatic amines is 1. The molecule has 4 saturated carbocycles. The largest absolute Gasteiger partial charge is 0.467 e. The maximum absolute atomic E-state index is 12.9. The lowest BCUT2D eigenvalue weighted by molar-refractivity contribution is -0.148. The Morgan fingerprint density at radius 2 is 1.80 bits per heavy atom. The third-order valence-electron chi connectivity index (χ3n) is 7.62. The molecule has 160 valence electrons. The highest BCUT2D eigenvalue weighted by Gasteiger charge is 2.50. The van der Waals surface area contributed by atoms with Crippen molar-refractivity contribution in [3.05, 3.63) is 36.0 Å². The number of amides is 1. The number of methoxy groups -OCH3 is 1. The third-order valence-corrected chi connectivity index (χ3v) is 7.62. The van der Waals surface area contributed by atoms with Crippen molar-refractivity contribution >= 4 is 23.0 Å². The van der Waals surface area contributed by atoms with Crippen LogP contribution in [0.5, 0.6) is 0 Å². The molecule has 6 rings (SSSR count). The minimum atomic E-state index is -1.21. The van der Waals surface area contributed by atoms with Gasteiger partial charge in [-0.3, -0.25) is 0 Å². The number of carbonyl (C=O) groups is 2. The van der Waals surface area contributed by atoms with E-state index in [2.05, 4.69) is 10.3 Å². The van der Waals surface area contributed by atoms with Crippen LogP contribution in [0, 0.1) is 23.7 Å². The maximum atomic E-state index is 12.9. The summed E-state index contributed by atoms with van der Waals surface area (Å²) in [4.78, 5) is 28.8. The summed E-state index contributed by atoms with van der Waals surface area (Å²) in [5.74, 6) is 2.11. The summed E-state index contributed by atoms with van der Waals surface area (Å²) >= 11 is 0. The quantitative estimate of drug-likeness (QED) is 0.722. The molecule has 0 spiro atoms. The molecule has 1 amide bonds. The van der Waals surface area contributed by atoms with Gasteiger partial charge in [-0.2, -0.15) is 0 Å². The first-order chi connectivity index (χ1) is 14.4. The Kier molecular flexibility index (Phi) is 4.75. The summed E-state index contributed by atoms with van der Waals surface area (Å²) in [7, 11) is 1.35. The molecule has 30 heavy (non-hydrogen) atoms. The average molecular weight is 413 g/mol. The number of carbonyl (C=O) groups excluding carboxylic acids is 2. The van der Waals surface area contributed by atoms with Crippen molar-refractivity contribution in [3.8, 4) is 0 Å². The number of H-pyrrole nitrogens is 1. The van der Waals surface area contributed by atoms with Crippen LogP contribution in [0.15, 0.2) is 30.5 Å². The number of esters is 1. The van der Waals surface area contributed by atoms with E-state index in [1.54, 1.807) is 6.92 Å². The molecule has 4 fully saturated rings. The summed E-state index contributed by atoms with van der Waals surface area (Å²) in [6.45, 7) is 1.71. The van der Waals surface area contributed by atoms with Crippen LogP contribution in [0.3, 0.4) is 0 Å². The molecule has 4 bridgehead atoms. The van der Waals surface area contributed by atoms with Crippen LogP contribution >= 0.6 is 0 Å². The van der Waals surface area contributed by atoms with E-state index in [4.69, 9.17) is 9.47 Å². The van der Waals surface area contributed by atoms with Crippen LogP contribution < -0.4 is 5.32 Å². The van der Waals surface area contributed by atoms with Gasteiger partial charge in [-0.15, -0.1) is 0 Å².